The maximum Gasteiger partial charge on any atom is 0.125 e. The summed E-state index contributed by atoms with van der Waals surface area (Å²) in [6, 6.07) is 30.5. The molecule has 2 heterocycles. The fourth-order valence-corrected chi connectivity index (χ4v) is 4.26. The van der Waals surface area contributed by atoms with Crippen LogP contribution in [0.15, 0.2) is 97.2 Å². The van der Waals surface area contributed by atoms with Crippen LogP contribution in [0.3, 0.4) is 0 Å². The molecule has 5 rings (SSSR count). The second-order valence-corrected chi connectivity index (χ2v) is 7.71. The summed E-state index contributed by atoms with van der Waals surface area (Å²) in [6.07, 6.45) is 1.82. The predicted octanol–water partition coefficient (Wildman–Crippen LogP) is 6.60. The average molecular weight is 394 g/mol. The van der Waals surface area contributed by atoms with Gasteiger partial charge in [0.15, 0.2) is 0 Å². The first kappa shape index (κ1) is 17.6. The Balaban J connectivity index is 1.57. The van der Waals surface area contributed by atoms with Crippen molar-refractivity contribution in [2.24, 2.45) is 0 Å². The predicted molar refractivity (Wildman–Crippen MR) is 119 cm³/mol. The average Bonchev–Trinajstić information content (AvgIpc) is 3.23. The molecule has 140 valence electrons. The maximum absolute atomic E-state index is 6.08. The third-order valence-electron chi connectivity index (χ3n) is 4.70. The zero-order valence-corrected chi connectivity index (χ0v) is 16.5. The molecular formula is C25H18N2OS. The molecule has 5 aromatic rings. The normalized spacial score (nSPS) is 10.9. The minimum absolute atomic E-state index is 0.531. The Morgan fingerprint density at radius 3 is 2.41 bits per heavy atom. The van der Waals surface area contributed by atoms with Crippen molar-refractivity contribution in [3.63, 3.8) is 0 Å². The van der Waals surface area contributed by atoms with Gasteiger partial charge in [-0.25, -0.2) is 4.98 Å². The maximum atomic E-state index is 6.08. The molecular weight excluding hydrogens is 376 g/mol. The highest BCUT2D eigenvalue weighted by Gasteiger charge is 2.14. The molecule has 3 aromatic carbocycles. The number of para-hydroxylation sites is 1. The van der Waals surface area contributed by atoms with Crippen molar-refractivity contribution in [3.05, 3.63) is 103 Å². The lowest BCUT2D eigenvalue weighted by Gasteiger charge is -2.11. The van der Waals surface area contributed by atoms with Crippen LogP contribution in [0.25, 0.3) is 32.0 Å². The summed E-state index contributed by atoms with van der Waals surface area (Å²) in [7, 11) is 0. The van der Waals surface area contributed by atoms with E-state index < -0.39 is 0 Å². The first-order valence-corrected chi connectivity index (χ1v) is 10.3. The van der Waals surface area contributed by atoms with E-state index in [1.54, 1.807) is 11.3 Å². The minimum Gasteiger partial charge on any atom is -0.489 e. The molecule has 0 saturated heterocycles. The largest absolute Gasteiger partial charge is 0.489 e. The fourth-order valence-electron chi connectivity index (χ4n) is 3.26. The van der Waals surface area contributed by atoms with Gasteiger partial charge in [-0.3, -0.25) is 4.98 Å². The van der Waals surface area contributed by atoms with Crippen LogP contribution in [-0.2, 0) is 6.61 Å². The van der Waals surface area contributed by atoms with E-state index in [1.807, 2.05) is 66.9 Å². The molecule has 29 heavy (non-hydrogen) atoms. The van der Waals surface area contributed by atoms with E-state index in [0.29, 0.717) is 6.61 Å². The molecule has 0 unspecified atom stereocenters. The molecule has 0 amide bonds. The van der Waals surface area contributed by atoms with Crippen molar-refractivity contribution >= 4 is 21.6 Å². The Kier molecular flexibility index (Phi) is 4.76. The number of thiazole rings is 1. The third kappa shape index (κ3) is 3.75. The van der Waals surface area contributed by atoms with Gasteiger partial charge < -0.3 is 4.74 Å². The van der Waals surface area contributed by atoms with Crippen LogP contribution in [-0.4, -0.2) is 9.97 Å². The Morgan fingerprint density at radius 1 is 0.759 bits per heavy atom. The van der Waals surface area contributed by atoms with Crippen molar-refractivity contribution < 1.29 is 4.74 Å². The van der Waals surface area contributed by atoms with Gasteiger partial charge in [-0.2, -0.15) is 0 Å². The van der Waals surface area contributed by atoms with Gasteiger partial charge in [0.25, 0.3) is 0 Å². The standard InChI is InChI=1S/C25H18N2OS/c1-2-8-18(9-3-1)17-28-19-13-14-20(22-10-6-7-15-26-22)21(16-19)25-27-23-11-4-5-12-24(23)29-25/h1-16H,17H2. The topological polar surface area (TPSA) is 35.0 Å². The van der Waals surface area contributed by atoms with E-state index >= 15 is 0 Å². The van der Waals surface area contributed by atoms with Crippen LogP contribution in [0.1, 0.15) is 5.56 Å². The number of ether oxygens (including phenoxy) is 1. The zero-order valence-electron chi connectivity index (χ0n) is 15.7. The lowest BCUT2D eigenvalue weighted by Crippen LogP contribution is -1.96. The summed E-state index contributed by atoms with van der Waals surface area (Å²) in [5.74, 6) is 0.822. The molecule has 0 N–H and O–H groups in total. The van der Waals surface area contributed by atoms with Gasteiger partial charge >= 0.3 is 0 Å². The number of fused-ring (bicyclic) bond motifs is 1. The second kappa shape index (κ2) is 7.86. The monoisotopic (exact) mass is 394 g/mol. The number of rotatable bonds is 5. The highest BCUT2D eigenvalue weighted by Crippen LogP contribution is 2.38. The van der Waals surface area contributed by atoms with Gasteiger partial charge in [-0.15, -0.1) is 11.3 Å². The van der Waals surface area contributed by atoms with Crippen LogP contribution in [0, 0.1) is 0 Å². The van der Waals surface area contributed by atoms with Crippen molar-refractivity contribution in [2.45, 2.75) is 6.61 Å². The fraction of sp³-hybridized carbons (Fsp3) is 0.0400. The van der Waals surface area contributed by atoms with Crippen LogP contribution in [0.2, 0.25) is 0 Å². The molecule has 0 aliphatic rings. The number of hydrogen-bond acceptors (Lipinski definition) is 4. The molecule has 0 aliphatic heterocycles. The molecule has 2 aromatic heterocycles. The lowest BCUT2D eigenvalue weighted by atomic mass is 10.0. The van der Waals surface area contributed by atoms with Gasteiger partial charge in [0, 0.05) is 17.3 Å². The van der Waals surface area contributed by atoms with E-state index in [0.717, 1.165) is 38.7 Å². The van der Waals surface area contributed by atoms with E-state index in [-0.39, 0.29) is 0 Å². The van der Waals surface area contributed by atoms with Crippen molar-refractivity contribution in [2.75, 3.05) is 0 Å². The number of hydrogen-bond donors (Lipinski definition) is 0. The summed E-state index contributed by atoms with van der Waals surface area (Å²) in [5.41, 5.74) is 5.17. The van der Waals surface area contributed by atoms with Crippen molar-refractivity contribution in [1.29, 1.82) is 0 Å². The van der Waals surface area contributed by atoms with Crippen LogP contribution < -0.4 is 4.74 Å². The van der Waals surface area contributed by atoms with E-state index in [9.17, 15) is 0 Å². The van der Waals surface area contributed by atoms with Crippen LogP contribution in [0.4, 0.5) is 0 Å². The number of pyridine rings is 1. The Labute approximate surface area is 173 Å². The Hall–Kier alpha value is -3.50. The number of benzene rings is 3. The molecule has 0 bridgehead atoms. The number of nitrogens with zero attached hydrogens (tertiary/aromatic N) is 2. The van der Waals surface area contributed by atoms with E-state index in [1.165, 1.54) is 4.70 Å². The van der Waals surface area contributed by atoms with Gasteiger partial charge in [0.05, 0.1) is 15.9 Å². The molecule has 0 aliphatic carbocycles. The third-order valence-corrected chi connectivity index (χ3v) is 5.77. The van der Waals surface area contributed by atoms with Crippen molar-refractivity contribution in [3.8, 4) is 27.6 Å². The second-order valence-electron chi connectivity index (χ2n) is 6.68. The Morgan fingerprint density at radius 2 is 1.59 bits per heavy atom. The first-order chi connectivity index (χ1) is 14.4. The molecule has 0 radical (unpaired) electrons. The summed E-state index contributed by atoms with van der Waals surface area (Å²) in [4.78, 5) is 9.41. The van der Waals surface area contributed by atoms with Gasteiger partial charge in [0.1, 0.15) is 17.4 Å². The summed E-state index contributed by atoms with van der Waals surface area (Å²) < 4.78 is 7.25. The van der Waals surface area contributed by atoms with Gasteiger partial charge in [-0.05, 0) is 48.0 Å². The minimum atomic E-state index is 0.531. The lowest BCUT2D eigenvalue weighted by molar-refractivity contribution is 0.306. The number of aromatic nitrogens is 2. The highest BCUT2D eigenvalue weighted by atomic mass is 32.1. The molecule has 4 heteroatoms. The zero-order chi connectivity index (χ0) is 19.5. The molecule has 0 fully saturated rings. The Bertz CT molecular complexity index is 1220. The highest BCUT2D eigenvalue weighted by molar-refractivity contribution is 7.21. The smallest absolute Gasteiger partial charge is 0.125 e. The van der Waals surface area contributed by atoms with E-state index in [4.69, 9.17) is 9.72 Å². The van der Waals surface area contributed by atoms with Gasteiger partial charge in [0.2, 0.25) is 0 Å². The molecule has 0 saturated carbocycles. The summed E-state index contributed by atoms with van der Waals surface area (Å²) in [6.45, 7) is 0.531. The summed E-state index contributed by atoms with van der Waals surface area (Å²) >= 11 is 1.69. The van der Waals surface area contributed by atoms with Crippen LogP contribution >= 0.6 is 11.3 Å². The van der Waals surface area contributed by atoms with E-state index in [2.05, 4.69) is 35.3 Å². The van der Waals surface area contributed by atoms with Crippen LogP contribution in [0.5, 0.6) is 5.75 Å². The van der Waals surface area contributed by atoms with Gasteiger partial charge in [-0.1, -0.05) is 48.5 Å². The van der Waals surface area contributed by atoms with Crippen molar-refractivity contribution in [1.82, 2.24) is 9.97 Å². The molecule has 0 atom stereocenters. The SMILES string of the molecule is c1ccc(COc2ccc(-c3ccccn3)c(-c3nc4ccccc4s3)c2)cc1. The first-order valence-electron chi connectivity index (χ1n) is 9.45. The summed E-state index contributed by atoms with van der Waals surface area (Å²) in [5, 5.41) is 0.969. The quantitative estimate of drug-likeness (QED) is 0.337. The molecule has 0 spiro atoms. The molecule has 3 nitrogen and oxygen atoms in total.